The average molecular weight is 454 g/mol. The third kappa shape index (κ3) is 4.26. The van der Waals surface area contributed by atoms with E-state index >= 15 is 0 Å². The molecular weight excluding hydrogens is 426 g/mol. The predicted molar refractivity (Wildman–Crippen MR) is 129 cm³/mol. The van der Waals surface area contributed by atoms with Gasteiger partial charge in [0, 0.05) is 34.1 Å². The first-order valence-corrected chi connectivity index (χ1v) is 11.1. The number of methoxy groups -OCH3 is 1. The van der Waals surface area contributed by atoms with Gasteiger partial charge < -0.3 is 19.7 Å². The largest absolute Gasteiger partial charge is 0.625 e. The number of nitrogens with one attached hydrogen (secondary N) is 1. The van der Waals surface area contributed by atoms with Crippen LogP contribution in [0, 0.1) is 11.1 Å². The van der Waals surface area contributed by atoms with Crippen LogP contribution in [-0.2, 0) is 16.1 Å². The van der Waals surface area contributed by atoms with Gasteiger partial charge in [-0.05, 0) is 29.7 Å². The molecule has 2 heterocycles. The molecule has 2 atom stereocenters. The summed E-state index contributed by atoms with van der Waals surface area (Å²) in [5.74, 6) is 0.958. The van der Waals surface area contributed by atoms with Crippen molar-refractivity contribution in [1.82, 2.24) is 4.98 Å². The van der Waals surface area contributed by atoms with Gasteiger partial charge in [0.1, 0.15) is 6.61 Å². The molecule has 0 saturated carbocycles. The van der Waals surface area contributed by atoms with Crippen molar-refractivity contribution in [1.29, 1.82) is 0 Å². The molecule has 1 aliphatic rings. The molecule has 2 aromatic carbocycles. The Morgan fingerprint density at radius 2 is 1.94 bits per heavy atom. The molecule has 0 aliphatic carbocycles. The highest BCUT2D eigenvalue weighted by atomic mass is 35.5. The Hall–Kier alpha value is -2.80. The highest BCUT2D eigenvalue weighted by Gasteiger charge is 2.43. The van der Waals surface area contributed by atoms with Gasteiger partial charge in [-0.15, -0.1) is 0 Å². The lowest BCUT2D eigenvalue weighted by Crippen LogP contribution is -2.54. The van der Waals surface area contributed by atoms with E-state index in [1.807, 2.05) is 54.7 Å². The molecule has 0 fully saturated rings. The number of aromatic amines is 1. The lowest BCUT2D eigenvalue weighted by atomic mass is 10.00. The van der Waals surface area contributed by atoms with Crippen molar-refractivity contribution >= 4 is 34.1 Å². The summed E-state index contributed by atoms with van der Waals surface area (Å²) in [5.41, 5.74) is 3.13. The van der Waals surface area contributed by atoms with Gasteiger partial charge >= 0.3 is 5.88 Å². The molecule has 1 aromatic heterocycles. The Morgan fingerprint density at radius 3 is 2.62 bits per heavy atom. The SMILES string of the molecule is COC1=C(c2c[nH]c3ccc(Cl)cc23)N=C(OCc2ccccc2)C(CC(C)C)[N+]1(C)[O-]. The van der Waals surface area contributed by atoms with Crippen LogP contribution >= 0.6 is 11.6 Å². The molecule has 3 aromatic rings. The summed E-state index contributed by atoms with van der Waals surface area (Å²) in [5, 5.41) is 15.5. The van der Waals surface area contributed by atoms with E-state index in [1.165, 1.54) is 7.11 Å². The normalized spacial score (nSPS) is 21.2. The quantitative estimate of drug-likeness (QED) is 0.363. The second-order valence-electron chi connectivity index (χ2n) is 8.61. The molecule has 0 spiro atoms. The van der Waals surface area contributed by atoms with E-state index in [4.69, 9.17) is 26.1 Å². The van der Waals surface area contributed by atoms with Gasteiger partial charge in [-0.1, -0.05) is 55.8 Å². The second kappa shape index (κ2) is 8.98. The molecule has 0 radical (unpaired) electrons. The number of benzene rings is 2. The molecule has 0 amide bonds. The maximum atomic E-state index is 14.0. The van der Waals surface area contributed by atoms with E-state index in [0.29, 0.717) is 29.6 Å². The van der Waals surface area contributed by atoms with Gasteiger partial charge in [-0.2, -0.15) is 0 Å². The number of nitrogens with zero attached hydrogens (tertiary/aromatic N) is 2. The van der Waals surface area contributed by atoms with Gasteiger partial charge in [0.25, 0.3) is 5.90 Å². The summed E-state index contributed by atoms with van der Waals surface area (Å²) in [6.45, 7) is 4.51. The van der Waals surface area contributed by atoms with Crippen LogP contribution in [0.5, 0.6) is 0 Å². The van der Waals surface area contributed by atoms with Gasteiger partial charge in [0.2, 0.25) is 0 Å². The second-order valence-corrected chi connectivity index (χ2v) is 9.05. The number of quaternary nitrogens is 1. The number of halogens is 1. The van der Waals surface area contributed by atoms with Crippen molar-refractivity contribution in [2.24, 2.45) is 10.9 Å². The number of aliphatic imine (C=N–C) groups is 1. The fourth-order valence-electron chi connectivity index (χ4n) is 4.15. The molecule has 32 heavy (non-hydrogen) atoms. The first-order chi connectivity index (χ1) is 15.3. The Morgan fingerprint density at radius 1 is 1.19 bits per heavy atom. The number of hydroxylamine groups is 3. The predicted octanol–water partition coefficient (Wildman–Crippen LogP) is 6.08. The van der Waals surface area contributed by atoms with Gasteiger partial charge in [0.15, 0.2) is 11.7 Å². The Kier molecular flexibility index (Phi) is 6.29. The summed E-state index contributed by atoms with van der Waals surface area (Å²) in [4.78, 5) is 8.11. The maximum absolute atomic E-state index is 14.0. The Labute approximate surface area is 193 Å². The maximum Gasteiger partial charge on any atom is 0.319 e. The van der Waals surface area contributed by atoms with Crippen molar-refractivity contribution in [2.45, 2.75) is 32.9 Å². The molecule has 7 heteroatoms. The van der Waals surface area contributed by atoms with Crippen molar-refractivity contribution in [3.8, 4) is 0 Å². The standard InChI is InChI=1S/C25H28ClN3O3/c1-16(2)12-22-24(32-15-17-8-6-5-7-9-17)28-23(25(31-4)29(22,3)30)20-14-27-21-11-10-18(26)13-19(20)21/h5-11,13-14,16,22,27H,12,15H2,1-4H3. The van der Waals surface area contributed by atoms with Crippen molar-refractivity contribution < 1.29 is 14.1 Å². The van der Waals surface area contributed by atoms with Crippen molar-refractivity contribution in [3.05, 3.63) is 82.0 Å². The van der Waals surface area contributed by atoms with Gasteiger partial charge in [0.05, 0.1) is 14.2 Å². The average Bonchev–Trinajstić information content (AvgIpc) is 3.17. The molecule has 1 N–H and O–H groups in total. The zero-order valence-electron chi connectivity index (χ0n) is 18.8. The van der Waals surface area contributed by atoms with E-state index in [2.05, 4.69) is 18.8 Å². The Bertz CT molecular complexity index is 1170. The number of likely N-dealkylation sites (N-methyl/N-ethyl adjacent to an activating group) is 1. The third-order valence-corrected chi connectivity index (χ3v) is 5.96. The molecule has 4 rings (SSSR count). The number of fused-ring (bicyclic) bond motifs is 1. The number of hydrogen-bond acceptors (Lipinski definition) is 4. The zero-order chi connectivity index (χ0) is 22.9. The monoisotopic (exact) mass is 453 g/mol. The van der Waals surface area contributed by atoms with Crippen molar-refractivity contribution in [3.63, 3.8) is 0 Å². The smallest absolute Gasteiger partial charge is 0.319 e. The van der Waals surface area contributed by atoms with Crippen LogP contribution < -0.4 is 0 Å². The molecule has 2 unspecified atom stereocenters. The van der Waals surface area contributed by atoms with Crippen molar-refractivity contribution in [2.75, 3.05) is 14.2 Å². The molecule has 6 nitrogen and oxygen atoms in total. The van der Waals surface area contributed by atoms with Crippen LogP contribution in [0.3, 0.4) is 0 Å². The minimum absolute atomic E-state index is 0.253. The summed E-state index contributed by atoms with van der Waals surface area (Å²) >= 11 is 6.25. The van der Waals surface area contributed by atoms with E-state index in [-0.39, 0.29) is 11.8 Å². The van der Waals surface area contributed by atoms with Crippen LogP contribution in [-0.4, -0.2) is 35.7 Å². The van der Waals surface area contributed by atoms with Crippen LogP contribution in [0.4, 0.5) is 0 Å². The van der Waals surface area contributed by atoms with E-state index in [0.717, 1.165) is 22.0 Å². The molecule has 1 aliphatic heterocycles. The highest BCUT2D eigenvalue weighted by molar-refractivity contribution is 6.31. The van der Waals surface area contributed by atoms with Gasteiger partial charge in [-0.3, -0.25) is 4.65 Å². The van der Waals surface area contributed by atoms with E-state index < -0.39 is 10.7 Å². The summed E-state index contributed by atoms with van der Waals surface area (Å²) in [6.07, 6.45) is 2.45. The van der Waals surface area contributed by atoms with Crippen LogP contribution in [0.2, 0.25) is 5.02 Å². The molecule has 168 valence electrons. The number of ether oxygens (including phenoxy) is 2. The first kappa shape index (κ1) is 22.4. The minimum Gasteiger partial charge on any atom is -0.625 e. The zero-order valence-corrected chi connectivity index (χ0v) is 19.5. The lowest BCUT2D eigenvalue weighted by molar-refractivity contribution is -0.855. The number of hydrogen-bond donors (Lipinski definition) is 1. The lowest BCUT2D eigenvalue weighted by Gasteiger charge is -2.47. The fraction of sp³-hybridized carbons (Fsp3) is 0.320. The number of rotatable bonds is 6. The summed E-state index contributed by atoms with van der Waals surface area (Å²) in [7, 11) is 3.12. The molecule has 0 saturated heterocycles. The third-order valence-electron chi connectivity index (χ3n) is 5.72. The van der Waals surface area contributed by atoms with E-state index in [1.54, 1.807) is 7.05 Å². The number of aromatic nitrogens is 1. The van der Waals surface area contributed by atoms with Crippen LogP contribution in [0.15, 0.2) is 65.6 Å². The molecular formula is C25H28ClN3O3. The summed E-state index contributed by atoms with van der Waals surface area (Å²) < 4.78 is 11.1. The number of H-pyrrole nitrogens is 1. The topological polar surface area (TPSA) is 69.7 Å². The van der Waals surface area contributed by atoms with Gasteiger partial charge in [-0.25, -0.2) is 4.99 Å². The highest BCUT2D eigenvalue weighted by Crippen LogP contribution is 2.39. The van der Waals surface area contributed by atoms with Crippen LogP contribution in [0.25, 0.3) is 16.6 Å². The molecule has 0 bridgehead atoms. The van der Waals surface area contributed by atoms with E-state index in [9.17, 15) is 5.21 Å². The Balaban J connectivity index is 1.83. The first-order valence-electron chi connectivity index (χ1n) is 10.7. The minimum atomic E-state index is -0.731. The fourth-order valence-corrected chi connectivity index (χ4v) is 4.32. The van der Waals surface area contributed by atoms with Crippen LogP contribution in [0.1, 0.15) is 31.4 Å². The summed E-state index contributed by atoms with van der Waals surface area (Å²) in [6, 6.07) is 14.9.